The van der Waals surface area contributed by atoms with Crippen LogP contribution in [0.4, 0.5) is 4.79 Å². The zero-order valence-electron chi connectivity index (χ0n) is 12.0. The lowest BCUT2D eigenvalue weighted by Crippen LogP contribution is -2.39. The van der Waals surface area contributed by atoms with Gasteiger partial charge >= 0.3 is 12.1 Å². The smallest absolute Gasteiger partial charge is 0.413 e. The highest BCUT2D eigenvalue weighted by Crippen LogP contribution is 2.21. The number of rotatable bonds is 5. The summed E-state index contributed by atoms with van der Waals surface area (Å²) in [4.78, 5) is 35.0. The van der Waals surface area contributed by atoms with Crippen molar-refractivity contribution >= 4 is 29.7 Å². The van der Waals surface area contributed by atoms with Gasteiger partial charge in [0.2, 0.25) is 0 Å². The van der Waals surface area contributed by atoms with Crippen molar-refractivity contribution in [2.45, 2.75) is 24.8 Å². The summed E-state index contributed by atoms with van der Waals surface area (Å²) < 4.78 is 9.22. The van der Waals surface area contributed by atoms with Gasteiger partial charge in [0, 0.05) is 4.90 Å². The molecule has 0 aliphatic carbocycles. The molecule has 0 spiro atoms. The molecule has 0 unspecified atom stereocenters. The monoisotopic (exact) mass is 311 g/mol. The number of methoxy groups -OCH3 is 1. The Balaban J connectivity index is 2.41. The van der Waals surface area contributed by atoms with E-state index in [-0.39, 0.29) is 5.75 Å². The largest absolute Gasteiger partial charge is 0.453 e. The molecule has 2 amide bonds. The number of esters is 1. The number of aryl methyl sites for hydroxylation is 1. The Bertz CT molecular complexity index is 532. The minimum absolute atomic E-state index is 0.0840. The standard InChI is InChI=1S/C14H17NO5S/c1-9-6-4-5-7-11(9)21-8-12(16)20-10(2)13(17)15-14(18)19-3/h4-7,10H,8H2,1-3H3,(H,15,17,18)/t10-/m1/s1. The zero-order valence-corrected chi connectivity index (χ0v) is 12.9. The van der Waals surface area contributed by atoms with Crippen molar-refractivity contribution in [2.75, 3.05) is 12.9 Å². The van der Waals surface area contributed by atoms with Crippen molar-refractivity contribution in [3.05, 3.63) is 29.8 Å². The first-order chi connectivity index (χ1) is 9.93. The quantitative estimate of drug-likeness (QED) is 0.660. The van der Waals surface area contributed by atoms with E-state index >= 15 is 0 Å². The third-order valence-corrected chi connectivity index (χ3v) is 3.68. The van der Waals surface area contributed by atoms with E-state index < -0.39 is 24.1 Å². The summed E-state index contributed by atoms with van der Waals surface area (Å²) >= 11 is 1.33. The van der Waals surface area contributed by atoms with Crippen molar-refractivity contribution < 1.29 is 23.9 Å². The van der Waals surface area contributed by atoms with Gasteiger partial charge in [0.1, 0.15) is 0 Å². The number of imide groups is 1. The van der Waals surface area contributed by atoms with Crippen molar-refractivity contribution in [2.24, 2.45) is 0 Å². The number of carbonyl (C=O) groups is 3. The summed E-state index contributed by atoms with van der Waals surface area (Å²) in [6, 6.07) is 7.64. The van der Waals surface area contributed by atoms with Gasteiger partial charge in [0.25, 0.3) is 5.91 Å². The van der Waals surface area contributed by atoms with Gasteiger partial charge in [-0.2, -0.15) is 0 Å². The van der Waals surface area contributed by atoms with Crippen LogP contribution in [0.2, 0.25) is 0 Å². The minimum Gasteiger partial charge on any atom is -0.453 e. The van der Waals surface area contributed by atoms with Crippen LogP contribution in [-0.2, 0) is 19.1 Å². The van der Waals surface area contributed by atoms with Gasteiger partial charge in [-0.05, 0) is 25.5 Å². The molecule has 6 nitrogen and oxygen atoms in total. The fourth-order valence-corrected chi connectivity index (χ4v) is 2.20. The number of hydrogen-bond acceptors (Lipinski definition) is 6. The molecule has 21 heavy (non-hydrogen) atoms. The maximum atomic E-state index is 11.7. The lowest BCUT2D eigenvalue weighted by atomic mass is 10.2. The van der Waals surface area contributed by atoms with E-state index in [0.717, 1.165) is 17.6 Å². The lowest BCUT2D eigenvalue weighted by molar-refractivity contribution is -0.152. The Hall–Kier alpha value is -2.02. The average molecular weight is 311 g/mol. The Labute approximate surface area is 127 Å². The van der Waals surface area contributed by atoms with Crippen LogP contribution in [0.3, 0.4) is 0 Å². The van der Waals surface area contributed by atoms with Crippen molar-refractivity contribution in [3.8, 4) is 0 Å². The normalized spacial score (nSPS) is 11.4. The molecule has 1 aromatic carbocycles. The topological polar surface area (TPSA) is 81.7 Å². The molecule has 1 rings (SSSR count). The third-order valence-electron chi connectivity index (χ3n) is 2.53. The van der Waals surface area contributed by atoms with E-state index in [4.69, 9.17) is 4.74 Å². The number of benzene rings is 1. The molecule has 7 heteroatoms. The lowest BCUT2D eigenvalue weighted by Gasteiger charge is -2.12. The molecule has 0 aliphatic rings. The fraction of sp³-hybridized carbons (Fsp3) is 0.357. The Morgan fingerprint density at radius 2 is 1.95 bits per heavy atom. The molecule has 1 atom stereocenters. The number of alkyl carbamates (subject to hydrolysis) is 1. The van der Waals surface area contributed by atoms with Gasteiger partial charge in [0.05, 0.1) is 12.9 Å². The molecule has 0 radical (unpaired) electrons. The second-order valence-corrected chi connectivity index (χ2v) is 5.18. The van der Waals surface area contributed by atoms with Gasteiger partial charge in [-0.1, -0.05) is 18.2 Å². The molecular formula is C14H17NO5S. The Morgan fingerprint density at radius 1 is 1.29 bits per heavy atom. The second-order valence-electron chi connectivity index (χ2n) is 4.17. The van der Waals surface area contributed by atoms with E-state index in [1.807, 2.05) is 36.5 Å². The molecule has 114 valence electrons. The summed E-state index contributed by atoms with van der Waals surface area (Å²) in [6.07, 6.45) is -1.95. The van der Waals surface area contributed by atoms with Crippen LogP contribution in [-0.4, -0.2) is 36.9 Å². The van der Waals surface area contributed by atoms with Crippen LogP contribution >= 0.6 is 11.8 Å². The minimum atomic E-state index is -1.06. The van der Waals surface area contributed by atoms with Crippen LogP contribution in [0.1, 0.15) is 12.5 Å². The molecule has 0 aromatic heterocycles. The molecule has 0 saturated heterocycles. The summed E-state index contributed by atoms with van der Waals surface area (Å²) in [6.45, 7) is 3.33. The van der Waals surface area contributed by atoms with Crippen LogP contribution in [0.15, 0.2) is 29.2 Å². The zero-order chi connectivity index (χ0) is 15.8. The second kappa shape index (κ2) is 8.31. The number of hydrogen-bond donors (Lipinski definition) is 1. The van der Waals surface area contributed by atoms with E-state index in [9.17, 15) is 14.4 Å². The van der Waals surface area contributed by atoms with Crippen LogP contribution in [0, 0.1) is 6.92 Å². The number of nitrogens with one attached hydrogen (secondary N) is 1. The molecule has 0 saturated carbocycles. The molecular weight excluding hydrogens is 294 g/mol. The molecule has 1 N–H and O–H groups in total. The number of ether oxygens (including phenoxy) is 2. The molecule has 0 aliphatic heterocycles. The van der Waals surface area contributed by atoms with E-state index in [1.54, 1.807) is 0 Å². The SMILES string of the molecule is COC(=O)NC(=O)[C@@H](C)OC(=O)CSc1ccccc1C. The van der Waals surface area contributed by atoms with E-state index in [0.29, 0.717) is 0 Å². The predicted octanol–water partition coefficient (Wildman–Crippen LogP) is 1.90. The van der Waals surface area contributed by atoms with Crippen LogP contribution in [0.25, 0.3) is 0 Å². The first kappa shape index (κ1) is 17.0. The highest BCUT2D eigenvalue weighted by atomic mass is 32.2. The molecule has 0 bridgehead atoms. The van der Waals surface area contributed by atoms with Crippen LogP contribution in [0.5, 0.6) is 0 Å². The third kappa shape index (κ3) is 5.86. The van der Waals surface area contributed by atoms with Gasteiger partial charge in [0.15, 0.2) is 6.10 Å². The highest BCUT2D eigenvalue weighted by molar-refractivity contribution is 8.00. The fourth-order valence-electron chi connectivity index (χ4n) is 1.39. The van der Waals surface area contributed by atoms with Gasteiger partial charge in [-0.15, -0.1) is 11.8 Å². The van der Waals surface area contributed by atoms with E-state index in [1.165, 1.54) is 18.7 Å². The van der Waals surface area contributed by atoms with Gasteiger partial charge in [-0.3, -0.25) is 14.9 Å². The number of thioether (sulfide) groups is 1. The first-order valence-electron chi connectivity index (χ1n) is 6.20. The van der Waals surface area contributed by atoms with Crippen molar-refractivity contribution in [1.82, 2.24) is 5.32 Å². The van der Waals surface area contributed by atoms with Crippen LogP contribution < -0.4 is 5.32 Å². The molecule has 1 aromatic rings. The summed E-state index contributed by atoms with van der Waals surface area (Å²) in [5, 5.41) is 1.93. The highest BCUT2D eigenvalue weighted by Gasteiger charge is 2.20. The van der Waals surface area contributed by atoms with Crippen molar-refractivity contribution in [1.29, 1.82) is 0 Å². The summed E-state index contributed by atoms with van der Waals surface area (Å²) in [5.41, 5.74) is 1.06. The first-order valence-corrected chi connectivity index (χ1v) is 7.19. The Morgan fingerprint density at radius 3 is 2.57 bits per heavy atom. The average Bonchev–Trinajstić information content (AvgIpc) is 2.46. The van der Waals surface area contributed by atoms with Gasteiger partial charge in [-0.25, -0.2) is 4.79 Å². The van der Waals surface area contributed by atoms with Crippen molar-refractivity contribution in [3.63, 3.8) is 0 Å². The predicted molar refractivity (Wildman–Crippen MR) is 78.0 cm³/mol. The molecule has 0 fully saturated rings. The van der Waals surface area contributed by atoms with Gasteiger partial charge < -0.3 is 9.47 Å². The van der Waals surface area contributed by atoms with E-state index in [2.05, 4.69) is 4.74 Å². The molecule has 0 heterocycles. The maximum Gasteiger partial charge on any atom is 0.413 e. The summed E-state index contributed by atoms with van der Waals surface area (Å²) in [5.74, 6) is -1.17. The summed E-state index contributed by atoms with van der Waals surface area (Å²) in [7, 11) is 1.14. The maximum absolute atomic E-state index is 11.7. The Kier molecular flexibility index (Phi) is 6.74. The number of carbonyl (C=O) groups excluding carboxylic acids is 3. The number of amides is 2.